The van der Waals surface area contributed by atoms with Gasteiger partial charge in [-0.3, -0.25) is 9.59 Å². The van der Waals surface area contributed by atoms with E-state index >= 15 is 0 Å². The topological polar surface area (TPSA) is 55.4 Å². The summed E-state index contributed by atoms with van der Waals surface area (Å²) in [6.07, 6.45) is 0.669. The molecule has 1 aliphatic rings. The zero-order chi connectivity index (χ0) is 19.0. The highest BCUT2D eigenvalue weighted by molar-refractivity contribution is 6.08. The summed E-state index contributed by atoms with van der Waals surface area (Å²) in [6.45, 7) is 3.99. The summed E-state index contributed by atoms with van der Waals surface area (Å²) >= 11 is 0. The van der Waals surface area contributed by atoms with Gasteiger partial charge in [-0.2, -0.15) is 0 Å². The van der Waals surface area contributed by atoms with Gasteiger partial charge in [-0.15, -0.1) is 0 Å². The number of carbonyl (C=O) groups is 2. The maximum Gasteiger partial charge on any atom is 0.324 e. The van der Waals surface area contributed by atoms with Crippen molar-refractivity contribution >= 4 is 28.3 Å². The maximum absolute atomic E-state index is 13.0. The fraction of sp³-hybridized carbons (Fsp3) is 0.217. The summed E-state index contributed by atoms with van der Waals surface area (Å²) in [6, 6.07) is 19.3. The van der Waals surface area contributed by atoms with E-state index < -0.39 is 11.9 Å². The number of benzene rings is 3. The minimum Gasteiger partial charge on any atom is -0.426 e. The zero-order valence-electron chi connectivity index (χ0n) is 15.4. The van der Waals surface area contributed by atoms with Gasteiger partial charge >= 0.3 is 5.97 Å². The lowest BCUT2D eigenvalue weighted by molar-refractivity contribution is -0.145. The number of anilines is 1. The maximum atomic E-state index is 13.0. The van der Waals surface area contributed by atoms with Gasteiger partial charge in [0, 0.05) is 17.2 Å². The van der Waals surface area contributed by atoms with Gasteiger partial charge in [0.15, 0.2) is 0 Å². The molecular weight excluding hydrogens is 338 g/mol. The first kappa shape index (κ1) is 17.3. The van der Waals surface area contributed by atoms with Crippen LogP contribution in [0.3, 0.4) is 0 Å². The van der Waals surface area contributed by atoms with Crippen molar-refractivity contribution in [2.75, 3.05) is 5.32 Å². The monoisotopic (exact) mass is 359 g/mol. The van der Waals surface area contributed by atoms with Crippen LogP contribution in [-0.2, 0) is 9.59 Å². The van der Waals surface area contributed by atoms with E-state index in [0.29, 0.717) is 17.9 Å². The first-order valence-electron chi connectivity index (χ1n) is 9.19. The second-order valence-electron chi connectivity index (χ2n) is 6.97. The highest BCUT2D eigenvalue weighted by atomic mass is 16.5. The van der Waals surface area contributed by atoms with Gasteiger partial charge in [0.1, 0.15) is 11.7 Å². The molecule has 1 aliphatic heterocycles. The zero-order valence-corrected chi connectivity index (χ0v) is 15.4. The number of hydrogen-bond acceptors (Lipinski definition) is 3. The van der Waals surface area contributed by atoms with Crippen molar-refractivity contribution in [1.29, 1.82) is 0 Å². The van der Waals surface area contributed by atoms with Crippen LogP contribution in [0.1, 0.15) is 30.4 Å². The molecule has 2 unspecified atom stereocenters. The van der Waals surface area contributed by atoms with Crippen LogP contribution in [0.2, 0.25) is 0 Å². The van der Waals surface area contributed by atoms with Gasteiger partial charge in [0.25, 0.3) is 0 Å². The molecule has 0 fully saturated rings. The van der Waals surface area contributed by atoms with Gasteiger partial charge in [-0.1, -0.05) is 55.0 Å². The van der Waals surface area contributed by atoms with E-state index in [1.807, 2.05) is 74.5 Å². The van der Waals surface area contributed by atoms with Gasteiger partial charge in [0.2, 0.25) is 5.91 Å². The fourth-order valence-corrected chi connectivity index (χ4v) is 3.84. The normalized spacial score (nSPS) is 18.7. The Balaban J connectivity index is 1.74. The summed E-state index contributed by atoms with van der Waals surface area (Å²) in [5, 5.41) is 4.98. The fourth-order valence-electron chi connectivity index (χ4n) is 3.84. The van der Waals surface area contributed by atoms with E-state index in [-0.39, 0.29) is 11.8 Å². The molecule has 3 aromatic carbocycles. The van der Waals surface area contributed by atoms with E-state index in [9.17, 15) is 9.59 Å². The lowest BCUT2D eigenvalue weighted by atomic mass is 9.79. The van der Waals surface area contributed by atoms with Crippen molar-refractivity contribution in [2.45, 2.75) is 26.2 Å². The molecule has 0 spiro atoms. The minimum absolute atomic E-state index is 0.224. The second kappa shape index (κ2) is 6.88. The average molecular weight is 359 g/mol. The minimum atomic E-state index is -0.866. The van der Waals surface area contributed by atoms with Crippen molar-refractivity contribution in [1.82, 2.24) is 0 Å². The lowest BCUT2D eigenvalue weighted by Crippen LogP contribution is -2.40. The van der Waals surface area contributed by atoms with Gasteiger partial charge < -0.3 is 10.1 Å². The molecule has 4 heteroatoms. The Hall–Kier alpha value is -3.14. The van der Waals surface area contributed by atoms with Crippen LogP contribution in [0.4, 0.5) is 5.69 Å². The molecule has 1 amide bonds. The average Bonchev–Trinajstić information content (AvgIpc) is 2.68. The van der Waals surface area contributed by atoms with E-state index in [0.717, 1.165) is 21.9 Å². The Bertz CT molecular complexity index is 1020. The summed E-state index contributed by atoms with van der Waals surface area (Å²) < 4.78 is 5.56. The number of esters is 1. The van der Waals surface area contributed by atoms with E-state index in [4.69, 9.17) is 4.74 Å². The third-order valence-electron chi connectivity index (χ3n) is 5.21. The third kappa shape index (κ3) is 3.08. The Morgan fingerprint density at radius 1 is 1.04 bits per heavy atom. The second-order valence-corrected chi connectivity index (χ2v) is 6.97. The van der Waals surface area contributed by atoms with Crippen LogP contribution >= 0.6 is 0 Å². The van der Waals surface area contributed by atoms with E-state index in [1.165, 1.54) is 0 Å². The molecule has 27 heavy (non-hydrogen) atoms. The van der Waals surface area contributed by atoms with Crippen LogP contribution in [-0.4, -0.2) is 11.9 Å². The predicted octanol–water partition coefficient (Wildman–Crippen LogP) is 4.82. The van der Waals surface area contributed by atoms with Crippen LogP contribution in [0.15, 0.2) is 60.7 Å². The number of hydrogen-bond donors (Lipinski definition) is 1. The smallest absolute Gasteiger partial charge is 0.324 e. The molecule has 4 nitrogen and oxygen atoms in total. The number of rotatable bonds is 3. The molecule has 0 saturated heterocycles. The lowest BCUT2D eigenvalue weighted by Gasteiger charge is -2.31. The third-order valence-corrected chi connectivity index (χ3v) is 5.21. The molecule has 3 aromatic rings. The van der Waals surface area contributed by atoms with Crippen molar-refractivity contribution in [3.63, 3.8) is 0 Å². The van der Waals surface area contributed by atoms with Gasteiger partial charge in [-0.25, -0.2) is 0 Å². The number of aryl methyl sites for hydroxylation is 1. The number of carbonyl (C=O) groups excluding carboxylic acids is 2. The van der Waals surface area contributed by atoms with Crippen LogP contribution in [0.25, 0.3) is 10.8 Å². The molecule has 0 aromatic heterocycles. The summed E-state index contributed by atoms with van der Waals surface area (Å²) in [5.74, 6) is -1.35. The Kier molecular flexibility index (Phi) is 4.40. The quantitative estimate of drug-likeness (QED) is 0.414. The van der Waals surface area contributed by atoms with Crippen LogP contribution in [0, 0.1) is 12.8 Å². The summed E-state index contributed by atoms with van der Waals surface area (Å²) in [5.41, 5.74) is 2.73. The number of ether oxygens (including phenoxy) is 1. The Morgan fingerprint density at radius 3 is 2.52 bits per heavy atom. The largest absolute Gasteiger partial charge is 0.426 e. The SMILES string of the molecule is CCC1c2c(ccc3ccccc23)OC(=O)C1C(=O)Nc1ccc(C)cc1. The van der Waals surface area contributed by atoms with Gasteiger partial charge in [-0.05, 0) is 42.3 Å². The van der Waals surface area contributed by atoms with Crippen molar-refractivity contribution in [3.05, 3.63) is 71.8 Å². The summed E-state index contributed by atoms with van der Waals surface area (Å²) in [7, 11) is 0. The number of amides is 1. The van der Waals surface area contributed by atoms with E-state index in [2.05, 4.69) is 5.32 Å². The van der Waals surface area contributed by atoms with Crippen LogP contribution in [0.5, 0.6) is 5.75 Å². The molecule has 4 rings (SSSR count). The highest BCUT2D eigenvalue weighted by Crippen LogP contribution is 2.44. The molecule has 0 radical (unpaired) electrons. The predicted molar refractivity (Wildman–Crippen MR) is 106 cm³/mol. The molecule has 0 bridgehead atoms. The first-order valence-corrected chi connectivity index (χ1v) is 9.19. The van der Waals surface area contributed by atoms with Crippen molar-refractivity contribution in [3.8, 4) is 5.75 Å². The Morgan fingerprint density at radius 2 is 1.78 bits per heavy atom. The number of nitrogens with one attached hydrogen (secondary N) is 1. The highest BCUT2D eigenvalue weighted by Gasteiger charge is 2.42. The Labute approximate surface area is 158 Å². The molecule has 0 aliphatic carbocycles. The molecule has 1 N–H and O–H groups in total. The van der Waals surface area contributed by atoms with Gasteiger partial charge in [0.05, 0.1) is 0 Å². The van der Waals surface area contributed by atoms with Crippen LogP contribution < -0.4 is 10.1 Å². The van der Waals surface area contributed by atoms with E-state index in [1.54, 1.807) is 0 Å². The first-order chi connectivity index (χ1) is 13.1. The standard InChI is InChI=1S/C23H21NO3/c1-3-17-20-18-7-5-4-6-15(18)10-13-19(20)27-23(26)21(17)22(25)24-16-11-8-14(2)9-12-16/h4-13,17,21H,3H2,1-2H3,(H,24,25). The summed E-state index contributed by atoms with van der Waals surface area (Å²) in [4.78, 5) is 25.6. The molecule has 1 heterocycles. The number of fused-ring (bicyclic) bond motifs is 3. The van der Waals surface area contributed by atoms with Crippen molar-refractivity contribution in [2.24, 2.45) is 5.92 Å². The molecule has 136 valence electrons. The molecule has 2 atom stereocenters. The van der Waals surface area contributed by atoms with Crippen molar-refractivity contribution < 1.29 is 14.3 Å². The molecule has 0 saturated carbocycles. The molecular formula is C23H21NO3.